The van der Waals surface area contributed by atoms with E-state index < -0.39 is 10.1 Å². The molecule has 0 amide bonds. The fourth-order valence-electron chi connectivity index (χ4n) is 10.5. The van der Waals surface area contributed by atoms with E-state index >= 15 is 0 Å². The molecule has 4 nitrogen and oxygen atoms in total. The van der Waals surface area contributed by atoms with Crippen LogP contribution in [0.15, 0.2) is 65.3 Å². The van der Waals surface area contributed by atoms with Gasteiger partial charge in [0, 0.05) is 24.5 Å². The Hall–Kier alpha value is -1.98. The van der Waals surface area contributed by atoms with Crippen molar-refractivity contribution in [2.24, 2.45) is 46.3 Å². The first-order valence-electron chi connectivity index (χ1n) is 17.9. The number of hydrogen-bond acceptors (Lipinski definition) is 3. The van der Waals surface area contributed by atoms with Crippen molar-refractivity contribution >= 4 is 10.1 Å². The van der Waals surface area contributed by atoms with Gasteiger partial charge in [0.25, 0.3) is 0 Å². The van der Waals surface area contributed by atoms with Gasteiger partial charge >= 0.3 is 0 Å². The number of rotatable bonds is 7. The zero-order chi connectivity index (χ0) is 32.6. The van der Waals surface area contributed by atoms with Gasteiger partial charge in [-0.05, 0) is 117 Å². The van der Waals surface area contributed by atoms with Gasteiger partial charge in [-0.2, -0.15) is 0 Å². The molecule has 1 aromatic heterocycles. The normalized spacial score (nSPS) is 33.3. The van der Waals surface area contributed by atoms with E-state index in [0.717, 1.165) is 41.1 Å². The summed E-state index contributed by atoms with van der Waals surface area (Å²) in [6.45, 7) is 16.8. The van der Waals surface area contributed by atoms with E-state index in [4.69, 9.17) is 0 Å². The Bertz CT molecular complexity index is 1450. The number of pyridine rings is 1. The maximum absolute atomic E-state index is 10.4. The highest BCUT2D eigenvalue weighted by Crippen LogP contribution is 2.67. The molecular weight excluding hydrogens is 575 g/mol. The molecule has 0 N–H and O–H groups in total. The Labute approximate surface area is 274 Å². The predicted molar refractivity (Wildman–Crippen MR) is 183 cm³/mol. The van der Waals surface area contributed by atoms with Gasteiger partial charge in [-0.3, -0.25) is 0 Å². The van der Waals surface area contributed by atoms with Crippen molar-refractivity contribution < 1.29 is 17.5 Å². The molecule has 4 aliphatic rings. The number of fused-ring (bicyclic) bond motifs is 5. The Morgan fingerprint density at radius 2 is 1.64 bits per heavy atom. The fraction of sp³-hybridized carbons (Fsp3) is 0.675. The van der Waals surface area contributed by atoms with E-state index in [1.54, 1.807) is 12.1 Å². The lowest BCUT2D eigenvalue weighted by Gasteiger charge is -2.58. The average molecular weight is 634 g/mol. The van der Waals surface area contributed by atoms with Crippen molar-refractivity contribution in [3.05, 3.63) is 71.6 Å². The monoisotopic (exact) mass is 633 g/mol. The van der Waals surface area contributed by atoms with Crippen LogP contribution in [0.1, 0.15) is 122 Å². The quantitative estimate of drug-likeness (QED) is 0.173. The van der Waals surface area contributed by atoms with Crippen molar-refractivity contribution in [2.75, 3.05) is 0 Å². The van der Waals surface area contributed by atoms with Crippen molar-refractivity contribution in [3.63, 3.8) is 0 Å². The minimum atomic E-state index is -4.27. The number of benzene rings is 1. The van der Waals surface area contributed by atoms with Crippen LogP contribution in [0.25, 0.3) is 0 Å². The lowest BCUT2D eigenvalue weighted by atomic mass is 9.47. The molecule has 1 heterocycles. The van der Waals surface area contributed by atoms with Crippen LogP contribution in [0.5, 0.6) is 0 Å². The second kappa shape index (κ2) is 13.6. The van der Waals surface area contributed by atoms with E-state index in [-0.39, 0.29) is 4.90 Å². The zero-order valence-electron chi connectivity index (χ0n) is 29.1. The van der Waals surface area contributed by atoms with Gasteiger partial charge in [-0.15, -0.1) is 0 Å². The van der Waals surface area contributed by atoms with E-state index in [9.17, 15) is 13.0 Å². The minimum absolute atomic E-state index is 0.178. The first-order chi connectivity index (χ1) is 21.2. The molecule has 0 bridgehead atoms. The van der Waals surface area contributed by atoms with Crippen molar-refractivity contribution in [3.8, 4) is 0 Å². The van der Waals surface area contributed by atoms with Crippen LogP contribution in [-0.4, -0.2) is 13.0 Å². The van der Waals surface area contributed by atoms with Gasteiger partial charge in [-0.1, -0.05) is 83.2 Å². The van der Waals surface area contributed by atoms with Gasteiger partial charge < -0.3 is 4.55 Å². The molecule has 0 aliphatic heterocycles. The first kappa shape index (κ1) is 34.4. The molecule has 45 heavy (non-hydrogen) atoms. The molecule has 8 unspecified atom stereocenters. The number of aryl methyl sites for hydroxylation is 2. The van der Waals surface area contributed by atoms with Gasteiger partial charge in [0.15, 0.2) is 18.4 Å². The molecule has 248 valence electrons. The highest BCUT2D eigenvalue weighted by atomic mass is 32.2. The Kier molecular flexibility index (Phi) is 10.4. The van der Waals surface area contributed by atoms with Crippen LogP contribution in [-0.2, 0) is 10.1 Å². The summed E-state index contributed by atoms with van der Waals surface area (Å²) < 4.78 is 33.7. The fourth-order valence-corrected chi connectivity index (χ4v) is 10.9. The van der Waals surface area contributed by atoms with Crippen molar-refractivity contribution in [1.82, 2.24) is 0 Å². The molecule has 3 fully saturated rings. The van der Waals surface area contributed by atoms with Crippen LogP contribution in [0.3, 0.4) is 0 Å². The average Bonchev–Trinajstić information content (AvgIpc) is 3.34. The zero-order valence-corrected chi connectivity index (χ0v) is 29.9. The summed E-state index contributed by atoms with van der Waals surface area (Å²) in [4.78, 5) is -0.178. The number of allylic oxidation sites excluding steroid dienone is 2. The summed E-state index contributed by atoms with van der Waals surface area (Å²) in [7, 11) is -4.27. The summed E-state index contributed by atoms with van der Waals surface area (Å²) >= 11 is 0. The summed E-state index contributed by atoms with van der Waals surface area (Å²) in [6.07, 6.45) is 23.1. The van der Waals surface area contributed by atoms with Gasteiger partial charge in [-0.25, -0.2) is 13.0 Å². The number of aromatic nitrogens is 1. The Morgan fingerprint density at radius 3 is 2.31 bits per heavy atom. The minimum Gasteiger partial charge on any atom is -0.744 e. The first-order valence-corrected chi connectivity index (χ1v) is 19.3. The standard InChI is InChI=1S/C33H52N.C7H8O3S/c1-23(2)9-7-11-25(4)29-14-15-30-28-13-12-26-21-27(34-20-8-10-24(3)22-34)16-18-32(26,5)31(28)17-19-33(29,30)6;1-6-2-4-7(5-3-6)11(8,9)10/h8,10,12,20,22-23,25,27-31H,7,9,11,13-19,21H2,1-6H3;2-5H,1H3,(H,8,9,10)/q+1;/p-1. The van der Waals surface area contributed by atoms with Crippen LogP contribution in [0.2, 0.25) is 0 Å². The highest BCUT2D eigenvalue weighted by molar-refractivity contribution is 7.85. The number of nitrogens with zero attached hydrogens (tertiary/aromatic N) is 1. The van der Waals surface area contributed by atoms with E-state index in [1.165, 1.54) is 88.3 Å². The maximum atomic E-state index is 10.4. The number of hydrogen-bond donors (Lipinski definition) is 0. The second-order valence-corrected chi connectivity index (χ2v) is 17.7. The summed E-state index contributed by atoms with van der Waals surface area (Å²) in [5.74, 6) is 5.60. The molecule has 1 aromatic carbocycles. The third-order valence-electron chi connectivity index (χ3n) is 13.0. The van der Waals surface area contributed by atoms with E-state index in [1.807, 2.05) is 12.5 Å². The van der Waals surface area contributed by atoms with Crippen LogP contribution in [0, 0.1) is 60.2 Å². The van der Waals surface area contributed by atoms with Crippen molar-refractivity contribution in [2.45, 2.75) is 130 Å². The predicted octanol–water partition coefficient (Wildman–Crippen LogP) is 9.76. The third-order valence-corrected chi connectivity index (χ3v) is 13.8. The molecule has 4 aliphatic carbocycles. The molecule has 6 rings (SSSR count). The maximum Gasteiger partial charge on any atom is 0.171 e. The van der Waals surface area contributed by atoms with Crippen LogP contribution in [0.4, 0.5) is 0 Å². The Balaban J connectivity index is 0.000000309. The molecule has 2 aromatic rings. The largest absolute Gasteiger partial charge is 0.744 e. The molecule has 3 saturated carbocycles. The smallest absolute Gasteiger partial charge is 0.171 e. The lowest BCUT2D eigenvalue weighted by molar-refractivity contribution is -0.725. The van der Waals surface area contributed by atoms with E-state index in [2.05, 4.69) is 76.7 Å². The molecule has 0 radical (unpaired) electrons. The van der Waals surface area contributed by atoms with Gasteiger partial charge in [0.2, 0.25) is 0 Å². The summed E-state index contributed by atoms with van der Waals surface area (Å²) in [5.41, 5.74) is 5.20. The summed E-state index contributed by atoms with van der Waals surface area (Å²) in [6, 6.07) is 10.9. The van der Waals surface area contributed by atoms with Crippen LogP contribution < -0.4 is 4.57 Å². The third kappa shape index (κ3) is 7.30. The molecule has 5 heteroatoms. The van der Waals surface area contributed by atoms with Crippen molar-refractivity contribution in [1.29, 1.82) is 0 Å². The van der Waals surface area contributed by atoms with Crippen LogP contribution >= 0.6 is 0 Å². The molecule has 0 spiro atoms. The molecular formula is C40H59NO3S. The second-order valence-electron chi connectivity index (χ2n) is 16.3. The summed E-state index contributed by atoms with van der Waals surface area (Å²) in [5, 5.41) is 0. The van der Waals surface area contributed by atoms with Gasteiger partial charge in [0.05, 0.1) is 4.90 Å². The Morgan fingerprint density at radius 1 is 0.911 bits per heavy atom. The lowest BCUT2D eigenvalue weighted by Crippen LogP contribution is -2.52. The molecule has 8 atom stereocenters. The van der Waals surface area contributed by atoms with E-state index in [0.29, 0.717) is 16.9 Å². The SMILES string of the molecule is Cc1ccc(S(=O)(=O)[O-])cc1.Cc1ccc[n+](C2CCC3(C)C(=CCC4C3CCC3(C)C(C(C)CCCC(C)C)CCC43)C2)c1. The highest BCUT2D eigenvalue weighted by Gasteiger charge is 2.59. The molecule has 0 saturated heterocycles. The van der Waals surface area contributed by atoms with Gasteiger partial charge in [0.1, 0.15) is 10.1 Å². The topological polar surface area (TPSA) is 61.1 Å².